The van der Waals surface area contributed by atoms with Crippen LogP contribution in [0, 0.1) is 5.92 Å². The van der Waals surface area contributed by atoms with Crippen molar-refractivity contribution in [3.8, 4) is 0 Å². The van der Waals surface area contributed by atoms with Gasteiger partial charge >= 0.3 is 5.51 Å². The molecule has 0 spiro atoms. The van der Waals surface area contributed by atoms with Crippen LogP contribution in [0.2, 0.25) is 0 Å². The van der Waals surface area contributed by atoms with Gasteiger partial charge in [-0.05, 0) is 24.1 Å². The maximum atomic E-state index is 13.1. The zero-order valence-electron chi connectivity index (χ0n) is 15.9. The van der Waals surface area contributed by atoms with Gasteiger partial charge in [0.15, 0.2) is 0 Å². The molecule has 1 aromatic rings. The summed E-state index contributed by atoms with van der Waals surface area (Å²) in [5.41, 5.74) is -6.12. The third kappa shape index (κ3) is 6.54. The number of halogens is 3. The largest absolute Gasteiger partial charge is 0.755 e. The summed E-state index contributed by atoms with van der Waals surface area (Å²) in [7, 11) is -5.70. The summed E-state index contributed by atoms with van der Waals surface area (Å²) in [6, 6.07) is 2.89. The second-order valence-electron chi connectivity index (χ2n) is 7.02. The van der Waals surface area contributed by atoms with Crippen LogP contribution in [0.4, 0.5) is 24.5 Å². The van der Waals surface area contributed by atoms with Crippen LogP contribution < -0.4 is 10.0 Å². The highest BCUT2D eigenvalue weighted by Crippen LogP contribution is 2.36. The highest BCUT2D eigenvalue weighted by atomic mass is 32.2. The van der Waals surface area contributed by atoms with Crippen LogP contribution in [0.3, 0.4) is 0 Å². The number of anilines is 2. The summed E-state index contributed by atoms with van der Waals surface area (Å²) in [5.74, 6) is 0.442. The van der Waals surface area contributed by atoms with Gasteiger partial charge in [0.25, 0.3) is 9.84 Å². The van der Waals surface area contributed by atoms with Crippen LogP contribution in [-0.4, -0.2) is 66.5 Å². The highest BCUT2D eigenvalue weighted by molar-refractivity contribution is 7.92. The van der Waals surface area contributed by atoms with E-state index in [2.05, 4.69) is 24.1 Å². The van der Waals surface area contributed by atoms with Crippen molar-refractivity contribution in [1.82, 2.24) is 4.90 Å². The van der Waals surface area contributed by atoms with Gasteiger partial charge in [0.05, 0.1) is 18.4 Å². The number of morpholine rings is 1. The molecule has 1 aliphatic heterocycles. The number of hydrogen-bond donors (Lipinski definition) is 2. The summed E-state index contributed by atoms with van der Waals surface area (Å²) in [5, 5.41) is 2.70. The number of alkyl halides is 3. The highest BCUT2D eigenvalue weighted by Gasteiger charge is 2.48. The van der Waals surface area contributed by atoms with Crippen LogP contribution in [-0.2, 0) is 25.8 Å². The second-order valence-corrected chi connectivity index (χ2v) is 9.61. The van der Waals surface area contributed by atoms with E-state index in [-0.39, 0.29) is 24.0 Å². The molecule has 0 saturated carbocycles. The van der Waals surface area contributed by atoms with Crippen molar-refractivity contribution >= 4 is 32.5 Å². The zero-order chi connectivity index (χ0) is 21.8. The van der Waals surface area contributed by atoms with Gasteiger partial charge < -0.3 is 19.3 Å². The van der Waals surface area contributed by atoms with E-state index in [4.69, 9.17) is 4.74 Å². The van der Waals surface area contributed by atoms with Crippen molar-refractivity contribution in [2.24, 2.45) is 5.92 Å². The van der Waals surface area contributed by atoms with E-state index in [9.17, 15) is 30.4 Å². The minimum atomic E-state index is -5.70. The lowest BCUT2D eigenvalue weighted by molar-refractivity contribution is -0.0435. The van der Waals surface area contributed by atoms with Crippen LogP contribution in [0.15, 0.2) is 23.1 Å². The van der Waals surface area contributed by atoms with E-state index >= 15 is 0 Å². The fourth-order valence-corrected chi connectivity index (χ4v) is 4.27. The van der Waals surface area contributed by atoms with Gasteiger partial charge in [0, 0.05) is 43.1 Å². The lowest BCUT2D eigenvalue weighted by Crippen LogP contribution is -2.46. The molecule has 166 valence electrons. The standard InChI is InChI=1S/C16H24F3N3O5S2/c1-11(2)9-22-5-6-27-13(10-22)8-20-14-4-3-12(21-28(23)24)7-15(14)29(25,26)16(17,18)19/h3-4,7,11,13,20-21H,5-6,8-10H2,1-2H3,(H,23,24)/p-1. The molecule has 0 aliphatic carbocycles. The van der Waals surface area contributed by atoms with Gasteiger partial charge in [-0.25, -0.2) is 8.42 Å². The molecule has 1 aromatic carbocycles. The molecule has 1 aliphatic rings. The molecule has 1 saturated heterocycles. The average Bonchev–Trinajstić information content (AvgIpc) is 2.58. The van der Waals surface area contributed by atoms with E-state index in [0.29, 0.717) is 25.1 Å². The fraction of sp³-hybridized carbons (Fsp3) is 0.625. The van der Waals surface area contributed by atoms with Gasteiger partial charge in [0.1, 0.15) is 4.90 Å². The Balaban J connectivity index is 2.22. The summed E-state index contributed by atoms with van der Waals surface area (Å²) < 4.78 is 92.0. The Morgan fingerprint density at radius 2 is 2.07 bits per heavy atom. The average molecular weight is 459 g/mol. The maximum Gasteiger partial charge on any atom is 0.501 e. The molecule has 2 N–H and O–H groups in total. The van der Waals surface area contributed by atoms with E-state index < -0.39 is 31.5 Å². The first-order valence-corrected chi connectivity index (χ1v) is 11.3. The van der Waals surface area contributed by atoms with Crippen molar-refractivity contribution < 1.29 is 35.1 Å². The van der Waals surface area contributed by atoms with Crippen LogP contribution in [0.5, 0.6) is 0 Å². The lowest BCUT2D eigenvalue weighted by atomic mass is 10.1. The first kappa shape index (κ1) is 23.9. The lowest BCUT2D eigenvalue weighted by Gasteiger charge is -2.34. The van der Waals surface area contributed by atoms with Crippen molar-refractivity contribution in [3.63, 3.8) is 0 Å². The van der Waals surface area contributed by atoms with Crippen LogP contribution in [0.25, 0.3) is 0 Å². The number of sulfone groups is 1. The molecule has 2 unspecified atom stereocenters. The Bertz CT molecular complexity index is 834. The molecule has 2 atom stereocenters. The van der Waals surface area contributed by atoms with Crippen molar-refractivity contribution in [1.29, 1.82) is 0 Å². The smallest absolute Gasteiger partial charge is 0.501 e. The van der Waals surface area contributed by atoms with E-state index in [1.165, 1.54) is 6.07 Å². The first-order chi connectivity index (χ1) is 13.4. The molecule has 0 aromatic heterocycles. The molecule has 0 amide bonds. The minimum absolute atomic E-state index is 0.0925. The van der Waals surface area contributed by atoms with Crippen molar-refractivity contribution in [2.75, 3.05) is 42.8 Å². The van der Waals surface area contributed by atoms with Gasteiger partial charge in [-0.3, -0.25) is 9.11 Å². The Morgan fingerprint density at radius 3 is 2.66 bits per heavy atom. The Morgan fingerprint density at radius 1 is 1.38 bits per heavy atom. The second kappa shape index (κ2) is 9.60. The summed E-state index contributed by atoms with van der Waals surface area (Å²) in [6.45, 7) is 6.85. The van der Waals surface area contributed by atoms with Crippen LogP contribution >= 0.6 is 0 Å². The predicted molar refractivity (Wildman–Crippen MR) is 102 cm³/mol. The van der Waals surface area contributed by atoms with E-state index in [0.717, 1.165) is 19.2 Å². The fourth-order valence-electron chi connectivity index (χ4n) is 2.99. The molecule has 29 heavy (non-hydrogen) atoms. The third-order valence-corrected chi connectivity index (χ3v) is 6.07. The SMILES string of the molecule is CC(C)CN1CCOC(CNc2ccc(NS(=O)[O-])cc2S(=O)(=O)C(F)(F)F)C1. The van der Waals surface area contributed by atoms with Gasteiger partial charge in [-0.15, -0.1) is 0 Å². The van der Waals surface area contributed by atoms with Gasteiger partial charge in [-0.2, -0.15) is 13.2 Å². The molecule has 0 bridgehead atoms. The molecule has 13 heteroatoms. The minimum Gasteiger partial charge on any atom is -0.755 e. The molecular weight excluding hydrogens is 435 g/mol. The predicted octanol–water partition coefficient (Wildman–Crippen LogP) is 1.95. The summed E-state index contributed by atoms with van der Waals surface area (Å²) in [4.78, 5) is 1.11. The monoisotopic (exact) mass is 458 g/mol. The number of ether oxygens (including phenoxy) is 1. The quantitative estimate of drug-likeness (QED) is 0.573. The first-order valence-electron chi connectivity index (χ1n) is 8.79. The Labute approximate surface area is 170 Å². The van der Waals surface area contributed by atoms with Crippen molar-refractivity contribution in [2.45, 2.75) is 30.4 Å². The molecule has 2 rings (SSSR count). The van der Waals surface area contributed by atoms with Gasteiger partial charge in [0.2, 0.25) is 0 Å². The molecule has 1 heterocycles. The van der Waals surface area contributed by atoms with Gasteiger partial charge in [-0.1, -0.05) is 13.8 Å². The normalized spacial score (nSPS) is 19.9. The molecule has 0 radical (unpaired) electrons. The van der Waals surface area contributed by atoms with E-state index in [1.807, 2.05) is 4.72 Å². The number of hydrogen-bond acceptors (Lipinski definition) is 7. The summed E-state index contributed by atoms with van der Waals surface area (Å²) >= 11 is -2.82. The van der Waals surface area contributed by atoms with Crippen LogP contribution in [0.1, 0.15) is 13.8 Å². The zero-order valence-corrected chi connectivity index (χ0v) is 17.5. The maximum absolute atomic E-state index is 13.1. The number of nitrogens with one attached hydrogen (secondary N) is 2. The molecule has 1 fully saturated rings. The van der Waals surface area contributed by atoms with E-state index in [1.54, 1.807) is 0 Å². The number of nitrogens with zero attached hydrogens (tertiary/aromatic N) is 1. The Kier molecular flexibility index (Phi) is 7.90. The van der Waals surface area contributed by atoms with Crippen molar-refractivity contribution in [3.05, 3.63) is 18.2 Å². The molecule has 8 nitrogen and oxygen atoms in total. The molecular formula is C16H23F3N3O5S2-. The Hall–Kier alpha value is -1.41. The number of benzene rings is 1. The number of rotatable bonds is 8. The third-order valence-electron chi connectivity index (χ3n) is 4.14. The summed E-state index contributed by atoms with van der Waals surface area (Å²) in [6.07, 6.45) is -0.337. The topological polar surface area (TPSA) is 111 Å².